The van der Waals surface area contributed by atoms with Crippen LogP contribution in [0.2, 0.25) is 0 Å². The van der Waals surface area contributed by atoms with Crippen LogP contribution in [0.25, 0.3) is 6.08 Å². The van der Waals surface area contributed by atoms with Crippen molar-refractivity contribution in [2.45, 2.75) is 6.92 Å². The molecule has 1 heterocycles. The maximum atomic E-state index is 5.12. The average Bonchev–Trinajstić information content (AvgIpc) is 2.42. The fraction of sp³-hybridized carbons (Fsp3) is 0.333. The highest BCUT2D eigenvalue weighted by atomic mass is 32.2. The third kappa shape index (κ3) is 5.03. The first kappa shape index (κ1) is 16.8. The number of aromatic nitrogens is 3. The summed E-state index contributed by atoms with van der Waals surface area (Å²) in [6.45, 7) is 1.90. The number of hydrogen-bond donors (Lipinski definition) is 1. The predicted octanol–water partition coefficient (Wildman–Crippen LogP) is 2.46. The van der Waals surface area contributed by atoms with Crippen molar-refractivity contribution in [1.82, 2.24) is 25.2 Å². The van der Waals surface area contributed by atoms with Gasteiger partial charge in [-0.2, -0.15) is 5.10 Å². The summed E-state index contributed by atoms with van der Waals surface area (Å²) in [4.78, 5) is 4.29. The molecule has 0 saturated carbocycles. The molecule has 0 atom stereocenters. The molecule has 0 fully saturated rings. The molecule has 0 amide bonds. The lowest BCUT2D eigenvalue weighted by molar-refractivity contribution is 0.449. The molecule has 0 aliphatic carbocycles. The van der Waals surface area contributed by atoms with Crippen LogP contribution >= 0.6 is 36.2 Å². The first-order valence-electron chi connectivity index (χ1n) is 5.78. The van der Waals surface area contributed by atoms with Gasteiger partial charge in [-0.05, 0) is 37.5 Å². The molecule has 0 aliphatic rings. The Hall–Kier alpha value is -1.25. The monoisotopic (exact) mass is 327 g/mol. The van der Waals surface area contributed by atoms with Crippen LogP contribution in [-0.2, 0) is 7.05 Å². The Morgan fingerprint density at radius 2 is 2.15 bits per heavy atom. The lowest BCUT2D eigenvalue weighted by Gasteiger charge is -2.17. The van der Waals surface area contributed by atoms with Gasteiger partial charge in [0.1, 0.15) is 0 Å². The van der Waals surface area contributed by atoms with E-state index in [0.717, 1.165) is 15.7 Å². The van der Waals surface area contributed by atoms with E-state index in [2.05, 4.69) is 15.5 Å². The summed E-state index contributed by atoms with van der Waals surface area (Å²) in [7, 11) is 3.65. The second-order valence-electron chi connectivity index (χ2n) is 3.87. The van der Waals surface area contributed by atoms with Crippen LogP contribution in [0.4, 0.5) is 0 Å². The normalized spacial score (nSPS) is 11.2. The summed E-state index contributed by atoms with van der Waals surface area (Å²) in [5.74, 6) is 0. The van der Waals surface area contributed by atoms with Crippen molar-refractivity contribution < 1.29 is 0 Å². The van der Waals surface area contributed by atoms with Crippen LogP contribution in [0, 0.1) is 11.7 Å². The first-order valence-corrected chi connectivity index (χ1v) is 7.83. The smallest absolute Gasteiger partial charge is 0.216 e. The Labute approximate surface area is 133 Å². The highest BCUT2D eigenvalue weighted by Gasteiger charge is 1.99. The molecule has 108 valence electrons. The third-order valence-corrected chi connectivity index (χ3v) is 4.09. The van der Waals surface area contributed by atoms with Crippen molar-refractivity contribution in [3.63, 3.8) is 0 Å². The number of nitrogens with one attached hydrogen (secondary N) is 1. The van der Waals surface area contributed by atoms with E-state index in [1.54, 1.807) is 22.9 Å². The second-order valence-corrected chi connectivity index (χ2v) is 5.67. The number of allylic oxidation sites excluding steroid dienone is 2. The van der Waals surface area contributed by atoms with E-state index in [1.807, 2.05) is 38.5 Å². The quantitative estimate of drug-likeness (QED) is 0.518. The summed E-state index contributed by atoms with van der Waals surface area (Å²) in [6, 6.07) is 0. The van der Waals surface area contributed by atoms with Gasteiger partial charge in [0.2, 0.25) is 4.77 Å². The molecule has 1 aromatic rings. The van der Waals surface area contributed by atoms with Crippen LogP contribution in [0.1, 0.15) is 11.4 Å². The van der Waals surface area contributed by atoms with E-state index >= 15 is 0 Å². The minimum atomic E-state index is 0.461. The molecule has 0 radical (unpaired) electrons. The summed E-state index contributed by atoms with van der Waals surface area (Å²) >= 11 is 11.7. The van der Waals surface area contributed by atoms with E-state index in [-0.39, 0.29) is 0 Å². The minimum Gasteiger partial charge on any atom is -0.305 e. The number of thioether (sulfide) groups is 1. The minimum absolute atomic E-state index is 0.461. The number of nitrogens with zero attached hydrogens (tertiary/aromatic N) is 4. The van der Waals surface area contributed by atoms with E-state index in [1.165, 1.54) is 11.8 Å². The van der Waals surface area contributed by atoms with Crippen molar-refractivity contribution in [3.05, 3.63) is 34.5 Å². The zero-order chi connectivity index (χ0) is 15.1. The van der Waals surface area contributed by atoms with Gasteiger partial charge >= 0.3 is 0 Å². The molecule has 5 nitrogen and oxygen atoms in total. The Morgan fingerprint density at radius 1 is 1.45 bits per heavy atom. The van der Waals surface area contributed by atoms with Gasteiger partial charge in [0.05, 0.1) is 11.4 Å². The Kier molecular flexibility index (Phi) is 6.83. The second kappa shape index (κ2) is 8.13. The van der Waals surface area contributed by atoms with E-state index in [9.17, 15) is 0 Å². The van der Waals surface area contributed by atoms with Gasteiger partial charge in [-0.25, -0.2) is 9.67 Å². The molecule has 0 aliphatic heterocycles. The lowest BCUT2D eigenvalue weighted by atomic mass is 10.3. The molecule has 1 rings (SSSR count). The highest BCUT2D eigenvalue weighted by Crippen LogP contribution is 2.03. The fourth-order valence-electron chi connectivity index (χ4n) is 1.28. The van der Waals surface area contributed by atoms with Gasteiger partial charge in [0, 0.05) is 20.3 Å². The van der Waals surface area contributed by atoms with E-state index in [4.69, 9.17) is 24.4 Å². The van der Waals surface area contributed by atoms with Crippen LogP contribution < -0.4 is 5.43 Å². The molecular weight excluding hydrogens is 310 g/mol. The van der Waals surface area contributed by atoms with Crippen molar-refractivity contribution in [2.75, 3.05) is 13.3 Å². The molecule has 8 heteroatoms. The standard InChI is InChI=1S/C12H17N5S3/c1-9-10(14-11(18)16(2)15-9)7-5-6-8-13-17(3)12(19)20-4/h5-8,13H,1-4H3/b7-5-,8-6-. The largest absolute Gasteiger partial charge is 0.305 e. The van der Waals surface area contributed by atoms with Crippen LogP contribution in [0.15, 0.2) is 18.4 Å². The Morgan fingerprint density at radius 3 is 2.80 bits per heavy atom. The topological polar surface area (TPSA) is 46.0 Å². The van der Waals surface area contributed by atoms with Gasteiger partial charge in [-0.3, -0.25) is 5.01 Å². The number of rotatable bonds is 4. The number of hydrazine groups is 1. The predicted molar refractivity (Wildman–Crippen MR) is 91.8 cm³/mol. The van der Waals surface area contributed by atoms with Crippen molar-refractivity contribution in [1.29, 1.82) is 0 Å². The molecule has 1 N–H and O–H groups in total. The molecular formula is C12H17N5S3. The van der Waals surface area contributed by atoms with Gasteiger partial charge in [-0.15, -0.1) is 0 Å². The SMILES string of the molecule is CSC(=S)N(C)N/C=C\C=C/c1nc(=S)n(C)nc1C. The third-order valence-electron chi connectivity index (χ3n) is 2.34. The number of aryl methyl sites for hydroxylation is 2. The van der Waals surface area contributed by atoms with E-state index < -0.39 is 0 Å². The molecule has 1 aromatic heterocycles. The van der Waals surface area contributed by atoms with Gasteiger partial charge in [0.15, 0.2) is 4.32 Å². The van der Waals surface area contributed by atoms with Crippen LogP contribution in [-0.4, -0.2) is 37.4 Å². The molecule has 0 spiro atoms. The summed E-state index contributed by atoms with van der Waals surface area (Å²) in [6.07, 6.45) is 9.32. The average molecular weight is 328 g/mol. The van der Waals surface area contributed by atoms with Crippen molar-refractivity contribution in [3.8, 4) is 0 Å². The van der Waals surface area contributed by atoms with Crippen molar-refractivity contribution >= 4 is 46.6 Å². The van der Waals surface area contributed by atoms with Crippen LogP contribution in [0.3, 0.4) is 0 Å². The zero-order valence-corrected chi connectivity index (χ0v) is 14.3. The maximum Gasteiger partial charge on any atom is 0.216 e. The highest BCUT2D eigenvalue weighted by molar-refractivity contribution is 8.22. The first-order chi connectivity index (χ1) is 9.45. The van der Waals surface area contributed by atoms with Crippen molar-refractivity contribution in [2.24, 2.45) is 7.05 Å². The molecule has 0 aromatic carbocycles. The van der Waals surface area contributed by atoms with Gasteiger partial charge in [0.25, 0.3) is 0 Å². The molecule has 0 saturated heterocycles. The Balaban J connectivity index is 2.64. The summed E-state index contributed by atoms with van der Waals surface area (Å²) in [5, 5.41) is 6.03. The lowest BCUT2D eigenvalue weighted by Crippen LogP contribution is -2.32. The molecule has 0 bridgehead atoms. The molecule has 20 heavy (non-hydrogen) atoms. The maximum absolute atomic E-state index is 5.12. The Bertz CT molecular complexity index is 591. The van der Waals surface area contributed by atoms with Gasteiger partial charge in [-0.1, -0.05) is 30.1 Å². The summed E-state index contributed by atoms with van der Waals surface area (Å²) in [5.41, 5.74) is 4.64. The van der Waals surface area contributed by atoms with Gasteiger partial charge < -0.3 is 5.43 Å². The summed E-state index contributed by atoms with van der Waals surface area (Å²) < 4.78 is 2.81. The zero-order valence-electron chi connectivity index (χ0n) is 11.8. The molecule has 0 unspecified atom stereocenters. The number of thiocarbonyl (C=S) groups is 1. The van der Waals surface area contributed by atoms with Crippen LogP contribution in [0.5, 0.6) is 0 Å². The van der Waals surface area contributed by atoms with E-state index in [0.29, 0.717) is 4.77 Å². The fourth-order valence-corrected chi connectivity index (χ4v) is 1.80. The number of hydrogen-bond acceptors (Lipinski definition) is 6.